The first-order chi connectivity index (χ1) is 22.6. The summed E-state index contributed by atoms with van der Waals surface area (Å²) in [6, 6.07) is 12.6. The fourth-order valence-corrected chi connectivity index (χ4v) is 6.98. The Balaban J connectivity index is 1.11. The van der Waals surface area contributed by atoms with Crippen LogP contribution in [-0.4, -0.2) is 105 Å². The molecule has 4 aromatic rings. The van der Waals surface area contributed by atoms with Crippen LogP contribution in [0.15, 0.2) is 48.7 Å². The minimum atomic E-state index is -2.94. The van der Waals surface area contributed by atoms with Crippen molar-refractivity contribution in [2.75, 3.05) is 80.5 Å². The number of aromatic amines is 2. The third-order valence-electron chi connectivity index (χ3n) is 8.95. The van der Waals surface area contributed by atoms with E-state index in [-0.39, 0.29) is 17.0 Å². The Hall–Kier alpha value is -4.47. The van der Waals surface area contributed by atoms with Crippen LogP contribution in [0.4, 0.5) is 33.2 Å². The van der Waals surface area contributed by atoms with Crippen LogP contribution in [-0.2, 0) is 9.84 Å². The van der Waals surface area contributed by atoms with E-state index in [1.165, 1.54) is 18.4 Å². The monoisotopic (exact) mass is 666 g/mol. The molecule has 0 radical (unpaired) electrons. The molecule has 2 aromatic heterocycles. The van der Waals surface area contributed by atoms with Gasteiger partial charge in [-0.05, 0) is 43.2 Å². The fraction of sp³-hybridized carbons (Fsp3) is 0.406. The van der Waals surface area contributed by atoms with Crippen LogP contribution in [0.3, 0.4) is 0 Å². The summed E-state index contributed by atoms with van der Waals surface area (Å²) in [5, 5.41) is 7.08. The number of piperidine rings is 1. The van der Waals surface area contributed by atoms with E-state index in [1.54, 1.807) is 19.4 Å². The van der Waals surface area contributed by atoms with Gasteiger partial charge in [-0.25, -0.2) is 17.8 Å². The molecular formula is C32H41FN9O4S+. The fourth-order valence-electron chi connectivity index (χ4n) is 6.39. The number of hydrogen-bond donors (Lipinski definition) is 4. The number of aromatic nitrogens is 3. The molecule has 1 amide bonds. The molecule has 6 rings (SSSR count). The summed E-state index contributed by atoms with van der Waals surface area (Å²) in [5.74, 6) is 0.0464. The normalized spacial score (nSPS) is 16.8. The maximum atomic E-state index is 14.4. The van der Waals surface area contributed by atoms with Gasteiger partial charge in [-0.15, -0.1) is 0 Å². The number of hydrogen-bond acceptors (Lipinski definition) is 10. The summed E-state index contributed by atoms with van der Waals surface area (Å²) in [5.41, 5.74) is 7.85. The maximum absolute atomic E-state index is 14.4. The number of sulfone groups is 1. The minimum Gasteiger partial charge on any atom is -0.493 e. The summed E-state index contributed by atoms with van der Waals surface area (Å²) < 4.78 is 43.3. The van der Waals surface area contributed by atoms with E-state index in [0.29, 0.717) is 46.8 Å². The van der Waals surface area contributed by atoms with Gasteiger partial charge in [0.25, 0.3) is 5.91 Å². The molecule has 2 aliphatic rings. The number of halogens is 1. The van der Waals surface area contributed by atoms with Crippen molar-refractivity contribution >= 4 is 55.6 Å². The quantitative estimate of drug-likeness (QED) is 0.187. The molecule has 13 nitrogen and oxygen atoms in total. The summed E-state index contributed by atoms with van der Waals surface area (Å²) >= 11 is 0. The SMILES string of the molecule is COc1cc(N2CCC(N3CCN(CCS(C)(=O)=O)CC3)CC2)ccc1Nc1nc(Nc2cccc(F)c2C(N)=O)c2cc[nH]c2[nH+]1. The lowest BCUT2D eigenvalue weighted by Gasteiger charge is -2.43. The van der Waals surface area contributed by atoms with Crippen LogP contribution >= 0.6 is 0 Å². The van der Waals surface area contributed by atoms with E-state index < -0.39 is 21.6 Å². The first kappa shape index (κ1) is 32.5. The number of carbonyl (C=O) groups excluding carboxylic acids is 1. The number of ether oxygens (including phenoxy) is 1. The van der Waals surface area contributed by atoms with E-state index in [0.717, 1.165) is 57.8 Å². The number of methoxy groups -OCH3 is 1. The molecular weight excluding hydrogens is 625 g/mol. The molecule has 15 heteroatoms. The highest BCUT2D eigenvalue weighted by molar-refractivity contribution is 7.90. The summed E-state index contributed by atoms with van der Waals surface area (Å²) in [6.07, 6.45) is 5.16. The average Bonchev–Trinajstić information content (AvgIpc) is 3.53. The zero-order valence-electron chi connectivity index (χ0n) is 26.6. The first-order valence-electron chi connectivity index (χ1n) is 15.7. The number of anilines is 5. The molecule has 0 spiro atoms. The van der Waals surface area contributed by atoms with Crippen molar-refractivity contribution in [1.29, 1.82) is 0 Å². The number of carbonyl (C=O) groups is 1. The Morgan fingerprint density at radius 1 is 1.09 bits per heavy atom. The van der Waals surface area contributed by atoms with Crippen LogP contribution in [0.5, 0.6) is 5.75 Å². The second-order valence-corrected chi connectivity index (χ2v) is 14.3. The zero-order valence-corrected chi connectivity index (χ0v) is 27.4. The molecule has 2 aliphatic heterocycles. The van der Waals surface area contributed by atoms with Crippen molar-refractivity contribution in [3.05, 3.63) is 60.0 Å². The molecule has 4 heterocycles. The molecule has 2 aromatic carbocycles. The summed E-state index contributed by atoms with van der Waals surface area (Å²) in [7, 11) is -1.32. The van der Waals surface area contributed by atoms with Gasteiger partial charge >= 0.3 is 5.95 Å². The van der Waals surface area contributed by atoms with Crippen molar-refractivity contribution in [3.63, 3.8) is 0 Å². The molecule has 0 unspecified atom stereocenters. The predicted molar refractivity (Wildman–Crippen MR) is 180 cm³/mol. The number of nitrogens with one attached hydrogen (secondary N) is 4. The number of rotatable bonds is 11. The second-order valence-electron chi connectivity index (χ2n) is 12.1. The number of benzene rings is 2. The van der Waals surface area contributed by atoms with Crippen LogP contribution in [0.2, 0.25) is 0 Å². The standard InChI is InChI=1S/C32H40FN9O4S/c1-46-27-20-22(41-12-9-21(10-13-41)42-16-14-40(15-17-42)18-19-47(2,44)45)6-7-25(27)37-32-38-30-23(8-11-35-30)31(39-32)36-26-5-3-4-24(33)28(26)29(34)43/h3-8,11,20-21H,9-10,12-19H2,1-2H3,(H2,34,43)(H3,35,36,37,38,39)/p+1. The van der Waals surface area contributed by atoms with E-state index >= 15 is 0 Å². The molecule has 0 saturated carbocycles. The van der Waals surface area contributed by atoms with E-state index in [4.69, 9.17) is 10.5 Å². The van der Waals surface area contributed by atoms with Crippen molar-refractivity contribution in [2.45, 2.75) is 18.9 Å². The van der Waals surface area contributed by atoms with Crippen molar-refractivity contribution in [1.82, 2.24) is 19.8 Å². The maximum Gasteiger partial charge on any atom is 0.351 e. The molecule has 0 atom stereocenters. The number of piperazine rings is 1. The molecule has 2 saturated heterocycles. The summed E-state index contributed by atoms with van der Waals surface area (Å²) in [6.45, 7) is 6.20. The van der Waals surface area contributed by atoms with Crippen LogP contribution in [0, 0.1) is 5.82 Å². The number of primary amides is 1. The first-order valence-corrected chi connectivity index (χ1v) is 17.7. The van der Waals surface area contributed by atoms with Crippen LogP contribution < -0.4 is 31.0 Å². The topological polar surface area (TPSA) is 163 Å². The lowest BCUT2D eigenvalue weighted by molar-refractivity contribution is -0.333. The van der Waals surface area contributed by atoms with Gasteiger partial charge in [-0.1, -0.05) is 11.1 Å². The van der Waals surface area contributed by atoms with Crippen molar-refractivity contribution in [2.24, 2.45) is 5.73 Å². The highest BCUT2D eigenvalue weighted by Crippen LogP contribution is 2.34. The average molecular weight is 667 g/mol. The van der Waals surface area contributed by atoms with E-state index in [2.05, 4.69) is 46.4 Å². The third-order valence-corrected chi connectivity index (χ3v) is 9.88. The lowest BCUT2D eigenvalue weighted by atomic mass is 10.0. The van der Waals surface area contributed by atoms with Gasteiger partial charge in [0.15, 0.2) is 5.75 Å². The number of nitrogens with two attached hydrogens (primary N) is 1. The minimum absolute atomic E-state index is 0.210. The highest BCUT2D eigenvalue weighted by Gasteiger charge is 2.28. The Bertz CT molecular complexity index is 1850. The van der Waals surface area contributed by atoms with Gasteiger partial charge in [-0.3, -0.25) is 24.9 Å². The lowest BCUT2D eigenvalue weighted by Crippen LogP contribution is -2.53. The smallest absolute Gasteiger partial charge is 0.351 e. The van der Waals surface area contributed by atoms with Gasteiger partial charge in [0, 0.05) is 76.1 Å². The van der Waals surface area contributed by atoms with Gasteiger partial charge in [0.2, 0.25) is 11.5 Å². The van der Waals surface area contributed by atoms with E-state index in [1.807, 2.05) is 18.2 Å². The van der Waals surface area contributed by atoms with Crippen LogP contribution in [0.25, 0.3) is 11.0 Å². The molecule has 250 valence electrons. The zero-order chi connectivity index (χ0) is 33.1. The number of nitrogens with zero attached hydrogens (tertiary/aromatic N) is 4. The Kier molecular flexibility index (Phi) is 9.47. The number of fused-ring (bicyclic) bond motifs is 1. The largest absolute Gasteiger partial charge is 0.493 e. The molecule has 0 bridgehead atoms. The number of amides is 1. The van der Waals surface area contributed by atoms with Gasteiger partial charge in [0.05, 0.1) is 29.5 Å². The van der Waals surface area contributed by atoms with Crippen molar-refractivity contribution in [3.8, 4) is 5.75 Å². The predicted octanol–water partition coefficient (Wildman–Crippen LogP) is 2.74. The van der Waals surface area contributed by atoms with Crippen molar-refractivity contribution < 1.29 is 27.3 Å². The molecule has 47 heavy (non-hydrogen) atoms. The Morgan fingerprint density at radius 3 is 2.55 bits per heavy atom. The Labute approximate surface area is 273 Å². The number of H-pyrrole nitrogens is 2. The third kappa shape index (κ3) is 7.58. The van der Waals surface area contributed by atoms with Gasteiger partial charge < -0.3 is 20.7 Å². The van der Waals surface area contributed by atoms with Gasteiger partial charge in [-0.2, -0.15) is 0 Å². The molecule has 2 fully saturated rings. The highest BCUT2D eigenvalue weighted by atomic mass is 32.2. The van der Waals surface area contributed by atoms with Gasteiger partial charge in [0.1, 0.15) is 21.3 Å². The van der Waals surface area contributed by atoms with Crippen LogP contribution in [0.1, 0.15) is 23.2 Å². The Morgan fingerprint density at radius 2 is 1.85 bits per heavy atom. The second kappa shape index (κ2) is 13.7. The summed E-state index contributed by atoms with van der Waals surface area (Å²) in [4.78, 5) is 30.2. The molecule has 6 N–H and O–H groups in total. The van der Waals surface area contributed by atoms with E-state index in [9.17, 15) is 17.6 Å². The molecule has 0 aliphatic carbocycles.